The first-order valence-corrected chi connectivity index (χ1v) is 10.5. The molecule has 0 radical (unpaired) electrons. The van der Waals surface area contributed by atoms with Gasteiger partial charge in [0.1, 0.15) is 5.75 Å². The molecular weight excluding hydrogens is 395 g/mol. The lowest BCUT2D eigenvalue weighted by Crippen LogP contribution is -2.48. The molecule has 2 aliphatic heterocycles. The molecule has 0 saturated carbocycles. The topological polar surface area (TPSA) is 32.8 Å². The summed E-state index contributed by atoms with van der Waals surface area (Å²) in [6, 6.07) is 12.1. The lowest BCUT2D eigenvalue weighted by Gasteiger charge is -2.35. The maximum Gasteiger partial charge on any atom is 0.222 e. The van der Waals surface area contributed by atoms with Gasteiger partial charge in [0.25, 0.3) is 0 Å². The van der Waals surface area contributed by atoms with Crippen molar-refractivity contribution in [2.75, 3.05) is 32.8 Å². The summed E-state index contributed by atoms with van der Waals surface area (Å²) in [5, 5.41) is 1.10. The summed E-state index contributed by atoms with van der Waals surface area (Å²) in [4.78, 5) is 17.0. The van der Waals surface area contributed by atoms with Crippen molar-refractivity contribution >= 4 is 29.1 Å². The van der Waals surface area contributed by atoms with Crippen molar-refractivity contribution in [3.63, 3.8) is 0 Å². The molecule has 2 aromatic carbocycles. The first kappa shape index (κ1) is 19.6. The van der Waals surface area contributed by atoms with Crippen LogP contribution in [0.2, 0.25) is 10.0 Å². The van der Waals surface area contributed by atoms with E-state index in [2.05, 4.69) is 23.1 Å². The van der Waals surface area contributed by atoms with Crippen LogP contribution < -0.4 is 4.74 Å². The quantitative estimate of drug-likeness (QED) is 0.728. The van der Waals surface area contributed by atoms with Crippen molar-refractivity contribution in [2.24, 2.45) is 0 Å². The van der Waals surface area contributed by atoms with E-state index < -0.39 is 0 Å². The minimum Gasteiger partial charge on any atom is -0.493 e. The monoisotopic (exact) mass is 418 g/mol. The third-order valence-corrected chi connectivity index (χ3v) is 6.38. The van der Waals surface area contributed by atoms with Gasteiger partial charge in [-0.1, -0.05) is 47.5 Å². The average molecular weight is 419 g/mol. The lowest BCUT2D eigenvalue weighted by molar-refractivity contribution is -0.133. The van der Waals surface area contributed by atoms with Gasteiger partial charge in [-0.3, -0.25) is 9.69 Å². The Bertz CT molecular complexity index is 864. The third kappa shape index (κ3) is 4.45. The second-order valence-electron chi connectivity index (χ2n) is 7.41. The van der Waals surface area contributed by atoms with Gasteiger partial charge < -0.3 is 9.64 Å². The molecule has 148 valence electrons. The molecule has 0 aromatic heterocycles. The average Bonchev–Trinajstić information content (AvgIpc) is 3.17. The van der Waals surface area contributed by atoms with Crippen molar-refractivity contribution in [1.82, 2.24) is 9.80 Å². The van der Waals surface area contributed by atoms with Crippen LogP contribution in [0, 0.1) is 0 Å². The number of piperazine rings is 1. The molecule has 1 fully saturated rings. The first-order chi connectivity index (χ1) is 13.6. The fourth-order valence-corrected chi connectivity index (χ4v) is 4.31. The smallest absolute Gasteiger partial charge is 0.222 e. The summed E-state index contributed by atoms with van der Waals surface area (Å²) in [6.07, 6.45) is 2.09. The Morgan fingerprint density at radius 3 is 2.71 bits per heavy atom. The van der Waals surface area contributed by atoms with Crippen LogP contribution in [-0.4, -0.2) is 48.5 Å². The molecule has 0 spiro atoms. The molecule has 0 atom stereocenters. The number of halogens is 2. The van der Waals surface area contributed by atoms with E-state index in [9.17, 15) is 4.79 Å². The molecule has 0 bridgehead atoms. The molecule has 1 saturated heterocycles. The molecule has 0 N–H and O–H groups in total. The summed E-state index contributed by atoms with van der Waals surface area (Å²) < 4.78 is 5.58. The van der Waals surface area contributed by atoms with E-state index >= 15 is 0 Å². The standard InChI is InChI=1S/C22H24Cl2N2O2/c23-19-3-1-2-17(22(19)24)5-7-21(27)26-11-9-25(10-12-26)15-16-4-6-20-18(14-16)8-13-28-20/h1-4,6,14H,5,7-13,15H2. The van der Waals surface area contributed by atoms with Crippen LogP contribution in [0.15, 0.2) is 36.4 Å². The van der Waals surface area contributed by atoms with Gasteiger partial charge in [0, 0.05) is 45.6 Å². The molecular formula is C22H24Cl2N2O2. The number of carbonyl (C=O) groups excluding carboxylic acids is 1. The van der Waals surface area contributed by atoms with Gasteiger partial charge in [0.05, 0.1) is 16.7 Å². The Morgan fingerprint density at radius 1 is 1.07 bits per heavy atom. The van der Waals surface area contributed by atoms with E-state index in [4.69, 9.17) is 27.9 Å². The summed E-state index contributed by atoms with van der Waals surface area (Å²) in [5.41, 5.74) is 3.56. The van der Waals surface area contributed by atoms with Crippen LogP contribution in [0.4, 0.5) is 0 Å². The minimum absolute atomic E-state index is 0.186. The van der Waals surface area contributed by atoms with Gasteiger partial charge >= 0.3 is 0 Å². The maximum atomic E-state index is 12.6. The number of hydrogen-bond acceptors (Lipinski definition) is 3. The zero-order valence-electron chi connectivity index (χ0n) is 15.8. The molecule has 2 heterocycles. The molecule has 2 aromatic rings. The van der Waals surface area contributed by atoms with E-state index in [1.807, 2.05) is 17.0 Å². The highest BCUT2D eigenvalue weighted by atomic mass is 35.5. The second kappa shape index (κ2) is 8.73. The highest BCUT2D eigenvalue weighted by molar-refractivity contribution is 6.42. The van der Waals surface area contributed by atoms with Gasteiger partial charge in [-0.2, -0.15) is 0 Å². The SMILES string of the molecule is O=C(CCc1cccc(Cl)c1Cl)N1CCN(Cc2ccc3c(c2)CCO3)CC1. The number of nitrogens with zero attached hydrogens (tertiary/aromatic N) is 2. The molecule has 28 heavy (non-hydrogen) atoms. The molecule has 2 aliphatic rings. The van der Waals surface area contributed by atoms with Crippen LogP contribution in [0.3, 0.4) is 0 Å². The Labute approximate surface area is 176 Å². The largest absolute Gasteiger partial charge is 0.493 e. The van der Waals surface area contributed by atoms with Crippen LogP contribution in [0.25, 0.3) is 0 Å². The van der Waals surface area contributed by atoms with E-state index in [1.54, 1.807) is 6.07 Å². The van der Waals surface area contributed by atoms with Crippen LogP contribution >= 0.6 is 23.2 Å². The molecule has 0 aliphatic carbocycles. The number of hydrogen-bond donors (Lipinski definition) is 0. The normalized spacial score (nSPS) is 16.7. The van der Waals surface area contributed by atoms with Crippen molar-refractivity contribution in [3.8, 4) is 5.75 Å². The fraction of sp³-hybridized carbons (Fsp3) is 0.409. The summed E-state index contributed by atoms with van der Waals surface area (Å²) in [7, 11) is 0. The van der Waals surface area contributed by atoms with Crippen molar-refractivity contribution < 1.29 is 9.53 Å². The Balaban J connectivity index is 1.25. The van der Waals surface area contributed by atoms with Gasteiger partial charge in [-0.05, 0) is 35.2 Å². The molecule has 1 amide bonds. The predicted octanol–water partition coefficient (Wildman–Crippen LogP) is 4.21. The number of amides is 1. The zero-order valence-corrected chi connectivity index (χ0v) is 17.3. The summed E-state index contributed by atoms with van der Waals surface area (Å²) in [6.45, 7) is 5.06. The number of fused-ring (bicyclic) bond motifs is 1. The van der Waals surface area contributed by atoms with Crippen molar-refractivity contribution in [1.29, 1.82) is 0 Å². The predicted molar refractivity (Wildman–Crippen MR) is 112 cm³/mol. The molecule has 4 rings (SSSR count). The molecule has 0 unspecified atom stereocenters. The highest BCUT2D eigenvalue weighted by Gasteiger charge is 2.22. The van der Waals surface area contributed by atoms with E-state index in [0.717, 1.165) is 57.1 Å². The Morgan fingerprint density at radius 2 is 1.89 bits per heavy atom. The Kier molecular flexibility index (Phi) is 6.10. The van der Waals surface area contributed by atoms with Crippen molar-refractivity contribution in [3.05, 3.63) is 63.1 Å². The number of carbonyl (C=O) groups is 1. The van der Waals surface area contributed by atoms with Gasteiger partial charge in [0.2, 0.25) is 5.91 Å². The first-order valence-electron chi connectivity index (χ1n) is 9.78. The van der Waals surface area contributed by atoms with E-state index in [1.165, 1.54) is 11.1 Å². The third-order valence-electron chi connectivity index (χ3n) is 5.52. The van der Waals surface area contributed by atoms with Crippen molar-refractivity contribution in [2.45, 2.75) is 25.8 Å². The number of aryl methyl sites for hydroxylation is 1. The zero-order chi connectivity index (χ0) is 19.5. The molecule has 6 heteroatoms. The summed E-state index contributed by atoms with van der Waals surface area (Å²) in [5.74, 6) is 1.21. The van der Waals surface area contributed by atoms with Gasteiger partial charge in [-0.15, -0.1) is 0 Å². The molecule has 4 nitrogen and oxygen atoms in total. The van der Waals surface area contributed by atoms with Gasteiger partial charge in [0.15, 0.2) is 0 Å². The Hall–Kier alpha value is -1.75. The van der Waals surface area contributed by atoms with E-state index in [-0.39, 0.29) is 5.91 Å². The number of rotatable bonds is 5. The van der Waals surface area contributed by atoms with Crippen LogP contribution in [0.5, 0.6) is 5.75 Å². The fourth-order valence-electron chi connectivity index (χ4n) is 3.89. The van der Waals surface area contributed by atoms with E-state index in [0.29, 0.717) is 22.9 Å². The van der Waals surface area contributed by atoms with Gasteiger partial charge in [-0.25, -0.2) is 0 Å². The maximum absolute atomic E-state index is 12.6. The van der Waals surface area contributed by atoms with Crippen LogP contribution in [-0.2, 0) is 24.2 Å². The highest BCUT2D eigenvalue weighted by Crippen LogP contribution is 2.27. The van der Waals surface area contributed by atoms with Crippen LogP contribution in [0.1, 0.15) is 23.1 Å². The summed E-state index contributed by atoms with van der Waals surface area (Å²) >= 11 is 12.3. The number of ether oxygens (including phenoxy) is 1. The lowest BCUT2D eigenvalue weighted by atomic mass is 10.1. The number of benzene rings is 2. The second-order valence-corrected chi connectivity index (χ2v) is 8.20. The minimum atomic E-state index is 0.186.